The average Bonchev–Trinajstić information content (AvgIpc) is 2.81. The maximum atomic E-state index is 11.8. The van der Waals surface area contributed by atoms with E-state index in [-0.39, 0.29) is 6.10 Å². The number of carbonyl (C=O) groups excluding carboxylic acids is 1. The van der Waals surface area contributed by atoms with Gasteiger partial charge in [0.2, 0.25) is 0 Å². The molecule has 1 aliphatic rings. The summed E-state index contributed by atoms with van der Waals surface area (Å²) in [6, 6.07) is 0. The van der Waals surface area contributed by atoms with Crippen LogP contribution in [0.5, 0.6) is 0 Å². The molecule has 1 aliphatic carbocycles. The molecule has 0 spiro atoms. The van der Waals surface area contributed by atoms with E-state index in [2.05, 4.69) is 36.4 Å². The minimum atomic E-state index is -0.485. The standard InChI is InChI=1S/C13H22N4O2/c1-9(2)11-5-4-10(3)8-12(11)19-13(18)16-17-14-6-7-15-17/h6-7,9-12H,4-5,8H2,1-3H3,(H,16,18)/t10-,11+,12-/m1/s1. The van der Waals surface area contributed by atoms with E-state index >= 15 is 0 Å². The van der Waals surface area contributed by atoms with Crippen molar-refractivity contribution in [1.29, 1.82) is 0 Å². The molecule has 0 unspecified atom stereocenters. The van der Waals surface area contributed by atoms with Crippen LogP contribution in [0.15, 0.2) is 12.4 Å². The molecular formula is C13H22N4O2. The molecule has 0 aromatic carbocycles. The lowest BCUT2D eigenvalue weighted by molar-refractivity contribution is 0.0109. The van der Waals surface area contributed by atoms with Gasteiger partial charge in [0.1, 0.15) is 6.10 Å². The van der Waals surface area contributed by atoms with Crippen LogP contribution in [0.2, 0.25) is 0 Å². The largest absolute Gasteiger partial charge is 0.445 e. The molecule has 19 heavy (non-hydrogen) atoms. The molecule has 1 saturated carbocycles. The van der Waals surface area contributed by atoms with Gasteiger partial charge in [0.15, 0.2) is 0 Å². The van der Waals surface area contributed by atoms with E-state index in [1.165, 1.54) is 18.8 Å². The van der Waals surface area contributed by atoms with Gasteiger partial charge in [0, 0.05) is 0 Å². The van der Waals surface area contributed by atoms with E-state index in [4.69, 9.17) is 4.74 Å². The second-order valence-electron chi connectivity index (χ2n) is 5.70. The van der Waals surface area contributed by atoms with E-state index in [0.29, 0.717) is 17.8 Å². The van der Waals surface area contributed by atoms with Gasteiger partial charge in [0.05, 0.1) is 12.4 Å². The van der Waals surface area contributed by atoms with E-state index in [0.717, 1.165) is 17.7 Å². The molecule has 1 heterocycles. The third-order valence-corrected chi connectivity index (χ3v) is 3.83. The average molecular weight is 266 g/mol. The first-order valence-electron chi connectivity index (χ1n) is 6.90. The summed E-state index contributed by atoms with van der Waals surface area (Å²) in [5.74, 6) is 1.57. The summed E-state index contributed by atoms with van der Waals surface area (Å²) >= 11 is 0. The second kappa shape index (κ2) is 6.04. The second-order valence-corrected chi connectivity index (χ2v) is 5.70. The van der Waals surface area contributed by atoms with Gasteiger partial charge in [-0.1, -0.05) is 32.1 Å². The molecule has 0 aliphatic heterocycles. The molecule has 0 saturated heterocycles. The molecule has 1 amide bonds. The number of rotatable bonds is 3. The molecule has 1 fully saturated rings. The third kappa shape index (κ3) is 3.68. The summed E-state index contributed by atoms with van der Waals surface area (Å²) in [5.41, 5.74) is 2.48. The number of nitrogens with one attached hydrogen (secondary N) is 1. The van der Waals surface area contributed by atoms with Crippen molar-refractivity contribution in [2.75, 3.05) is 5.43 Å². The zero-order valence-electron chi connectivity index (χ0n) is 11.7. The van der Waals surface area contributed by atoms with E-state index in [1.54, 1.807) is 0 Å². The van der Waals surface area contributed by atoms with Crippen LogP contribution in [0.3, 0.4) is 0 Å². The highest BCUT2D eigenvalue weighted by atomic mass is 16.6. The van der Waals surface area contributed by atoms with E-state index in [1.807, 2.05) is 0 Å². The smallest absolute Gasteiger partial charge is 0.429 e. The van der Waals surface area contributed by atoms with Crippen molar-refractivity contribution in [3.05, 3.63) is 12.4 Å². The van der Waals surface area contributed by atoms with Crippen molar-refractivity contribution in [3.63, 3.8) is 0 Å². The van der Waals surface area contributed by atoms with Crippen LogP contribution in [0.1, 0.15) is 40.0 Å². The Balaban J connectivity index is 1.92. The molecule has 0 radical (unpaired) electrons. The van der Waals surface area contributed by atoms with Crippen molar-refractivity contribution < 1.29 is 9.53 Å². The number of amides is 1. The highest BCUT2D eigenvalue weighted by Gasteiger charge is 2.33. The van der Waals surface area contributed by atoms with Crippen molar-refractivity contribution in [2.24, 2.45) is 17.8 Å². The van der Waals surface area contributed by atoms with Crippen molar-refractivity contribution in [3.8, 4) is 0 Å². The Hall–Kier alpha value is -1.59. The first-order valence-corrected chi connectivity index (χ1v) is 6.90. The highest BCUT2D eigenvalue weighted by molar-refractivity contribution is 5.75. The first kappa shape index (κ1) is 13.8. The Morgan fingerprint density at radius 1 is 1.37 bits per heavy atom. The Kier molecular flexibility index (Phi) is 4.39. The van der Waals surface area contributed by atoms with Crippen LogP contribution in [-0.2, 0) is 4.74 Å². The van der Waals surface area contributed by atoms with Crippen LogP contribution in [0.25, 0.3) is 0 Å². The normalized spacial score (nSPS) is 27.3. The Labute approximate surface area is 113 Å². The molecule has 2 rings (SSSR count). The lowest BCUT2D eigenvalue weighted by Gasteiger charge is -2.36. The molecule has 1 aromatic rings. The van der Waals surface area contributed by atoms with E-state index in [9.17, 15) is 4.79 Å². The zero-order valence-corrected chi connectivity index (χ0v) is 11.7. The summed E-state index contributed by atoms with van der Waals surface area (Å²) in [6.07, 6.45) is 5.77. The quantitative estimate of drug-likeness (QED) is 0.912. The van der Waals surface area contributed by atoms with Gasteiger partial charge in [-0.25, -0.2) is 4.79 Å². The number of carbonyl (C=O) groups is 1. The summed E-state index contributed by atoms with van der Waals surface area (Å²) in [6.45, 7) is 6.58. The topological polar surface area (TPSA) is 69.0 Å². The Bertz CT molecular complexity index is 405. The molecule has 3 atom stereocenters. The van der Waals surface area contributed by atoms with Crippen LogP contribution < -0.4 is 5.43 Å². The predicted octanol–water partition coefficient (Wildman–Crippen LogP) is 2.42. The molecule has 1 aromatic heterocycles. The van der Waals surface area contributed by atoms with Gasteiger partial charge in [-0.15, -0.1) is 10.2 Å². The van der Waals surface area contributed by atoms with Crippen molar-refractivity contribution in [2.45, 2.75) is 46.1 Å². The van der Waals surface area contributed by atoms with Crippen LogP contribution >= 0.6 is 0 Å². The number of aromatic nitrogens is 3. The summed E-state index contributed by atoms with van der Waals surface area (Å²) < 4.78 is 5.56. The lowest BCUT2D eigenvalue weighted by Crippen LogP contribution is -2.38. The maximum Gasteiger partial charge on any atom is 0.429 e. The van der Waals surface area contributed by atoms with Crippen LogP contribution in [0, 0.1) is 17.8 Å². The number of ether oxygens (including phenoxy) is 1. The van der Waals surface area contributed by atoms with Gasteiger partial charge in [-0.3, -0.25) is 0 Å². The molecule has 6 heteroatoms. The lowest BCUT2D eigenvalue weighted by atomic mass is 9.75. The minimum Gasteiger partial charge on any atom is -0.445 e. The zero-order chi connectivity index (χ0) is 13.8. The summed E-state index contributed by atoms with van der Waals surface area (Å²) in [4.78, 5) is 12.9. The van der Waals surface area contributed by atoms with Crippen LogP contribution in [0.4, 0.5) is 4.79 Å². The highest BCUT2D eigenvalue weighted by Crippen LogP contribution is 2.35. The van der Waals surface area contributed by atoms with Gasteiger partial charge < -0.3 is 4.74 Å². The van der Waals surface area contributed by atoms with Gasteiger partial charge in [0.25, 0.3) is 0 Å². The summed E-state index contributed by atoms with van der Waals surface area (Å²) in [5, 5.41) is 7.62. The number of hydrogen-bond acceptors (Lipinski definition) is 4. The van der Waals surface area contributed by atoms with Crippen molar-refractivity contribution >= 4 is 6.09 Å². The van der Waals surface area contributed by atoms with E-state index < -0.39 is 6.09 Å². The van der Waals surface area contributed by atoms with Gasteiger partial charge >= 0.3 is 6.09 Å². The number of hydrogen-bond donors (Lipinski definition) is 1. The Morgan fingerprint density at radius 2 is 2.05 bits per heavy atom. The predicted molar refractivity (Wildman–Crippen MR) is 71.0 cm³/mol. The fourth-order valence-corrected chi connectivity index (χ4v) is 2.77. The van der Waals surface area contributed by atoms with Crippen molar-refractivity contribution in [1.82, 2.24) is 15.1 Å². The van der Waals surface area contributed by atoms with Gasteiger partial charge in [-0.2, -0.15) is 5.43 Å². The van der Waals surface area contributed by atoms with Gasteiger partial charge in [-0.05, 0) is 30.6 Å². The third-order valence-electron chi connectivity index (χ3n) is 3.83. The number of nitrogens with zero attached hydrogens (tertiary/aromatic N) is 3. The minimum absolute atomic E-state index is 0.0145. The SMILES string of the molecule is CC(C)[C@@H]1CC[C@@H](C)C[C@H]1OC(=O)Nn1nccn1. The molecule has 106 valence electrons. The molecule has 1 N–H and O–H groups in total. The molecule has 0 bridgehead atoms. The fraction of sp³-hybridized carbons (Fsp3) is 0.769. The monoisotopic (exact) mass is 266 g/mol. The first-order chi connectivity index (χ1) is 9.06. The molecular weight excluding hydrogens is 244 g/mol. The summed E-state index contributed by atoms with van der Waals surface area (Å²) in [7, 11) is 0. The molecule has 6 nitrogen and oxygen atoms in total. The fourth-order valence-electron chi connectivity index (χ4n) is 2.77. The Morgan fingerprint density at radius 3 is 2.68 bits per heavy atom. The van der Waals surface area contributed by atoms with Crippen LogP contribution in [-0.4, -0.2) is 27.3 Å². The maximum absolute atomic E-state index is 11.8.